The topological polar surface area (TPSA) is 101 Å². The van der Waals surface area contributed by atoms with Gasteiger partial charge in [0, 0.05) is 24.4 Å². The van der Waals surface area contributed by atoms with E-state index >= 15 is 0 Å². The summed E-state index contributed by atoms with van der Waals surface area (Å²) >= 11 is 0. The summed E-state index contributed by atoms with van der Waals surface area (Å²) in [6.07, 6.45) is 3.75. The van der Waals surface area contributed by atoms with E-state index in [-0.39, 0.29) is 25.3 Å². The van der Waals surface area contributed by atoms with Gasteiger partial charge in [-0.3, -0.25) is 10.2 Å². The average Bonchev–Trinajstić information content (AvgIpc) is 2.73. The highest BCUT2D eigenvalue weighted by atomic mass is 16.6. The first-order chi connectivity index (χ1) is 14.1. The van der Waals surface area contributed by atoms with Crippen molar-refractivity contribution in [2.24, 2.45) is 0 Å². The number of carbonyl (C=O) groups excluding carboxylic acids is 2. The van der Waals surface area contributed by atoms with Crippen LogP contribution in [0.25, 0.3) is 0 Å². The molecule has 1 N–H and O–H groups in total. The Hall–Kier alpha value is -4.17. The predicted octanol–water partition coefficient (Wildman–Crippen LogP) is 3.80. The van der Waals surface area contributed by atoms with E-state index < -0.39 is 12.2 Å². The molecule has 0 fully saturated rings. The lowest BCUT2D eigenvalue weighted by Gasteiger charge is -2.21. The fourth-order valence-electron chi connectivity index (χ4n) is 2.32. The highest BCUT2D eigenvalue weighted by molar-refractivity contribution is 5.90. The summed E-state index contributed by atoms with van der Waals surface area (Å²) in [6.45, 7) is -0.0201. The highest BCUT2D eigenvalue weighted by Gasteiger charge is 2.19. The summed E-state index contributed by atoms with van der Waals surface area (Å²) in [4.78, 5) is 25.6. The summed E-state index contributed by atoms with van der Waals surface area (Å²) in [5.74, 6) is 2.95. The largest absolute Gasteiger partial charge is 0.497 e. The molecule has 0 saturated heterocycles. The molecule has 2 rings (SSSR count). The second kappa shape index (κ2) is 10.9. The van der Waals surface area contributed by atoms with Crippen LogP contribution >= 0.6 is 0 Å². The Morgan fingerprint density at radius 3 is 2.66 bits per heavy atom. The Bertz CT molecular complexity index is 946. The number of anilines is 2. The molecule has 0 aliphatic rings. The van der Waals surface area contributed by atoms with Crippen molar-refractivity contribution in [3.63, 3.8) is 0 Å². The van der Waals surface area contributed by atoms with Gasteiger partial charge in [-0.25, -0.2) is 9.59 Å². The van der Waals surface area contributed by atoms with Gasteiger partial charge in [-0.05, 0) is 24.3 Å². The number of amides is 2. The van der Waals surface area contributed by atoms with Gasteiger partial charge in [0.15, 0.2) is 6.61 Å². The Morgan fingerprint density at radius 1 is 1.17 bits per heavy atom. The van der Waals surface area contributed by atoms with Crippen LogP contribution < -0.4 is 19.7 Å². The van der Waals surface area contributed by atoms with Gasteiger partial charge in [0.2, 0.25) is 0 Å². The Balaban J connectivity index is 2.14. The summed E-state index contributed by atoms with van der Waals surface area (Å²) in [7, 11) is 1.52. The fraction of sp³-hybridized carbons (Fsp3) is 0.190. The molecular weight excluding hydrogens is 374 g/mol. The van der Waals surface area contributed by atoms with Crippen LogP contribution in [0.3, 0.4) is 0 Å². The molecular formula is C21H19N3O5. The molecule has 8 heteroatoms. The fourth-order valence-corrected chi connectivity index (χ4v) is 2.32. The minimum Gasteiger partial charge on any atom is -0.497 e. The zero-order valence-electron chi connectivity index (χ0n) is 15.8. The number of nitriles is 1. The van der Waals surface area contributed by atoms with Crippen molar-refractivity contribution in [3.8, 4) is 29.9 Å². The maximum Gasteiger partial charge on any atom is 0.419 e. The van der Waals surface area contributed by atoms with Crippen LogP contribution in [-0.2, 0) is 4.74 Å². The van der Waals surface area contributed by atoms with Gasteiger partial charge >= 0.3 is 12.2 Å². The number of hydrogen-bond donors (Lipinski definition) is 1. The SMILES string of the molecule is C#CCOC(=O)Nc1cccc(OC(=O)N(CCC#N)c2cccc(OC)c2)c1. The van der Waals surface area contributed by atoms with Gasteiger partial charge in [-0.2, -0.15) is 5.26 Å². The van der Waals surface area contributed by atoms with Gasteiger partial charge in [0.1, 0.15) is 11.5 Å². The van der Waals surface area contributed by atoms with E-state index in [2.05, 4.69) is 11.2 Å². The third-order valence-corrected chi connectivity index (χ3v) is 3.60. The number of terminal acetylenes is 1. The van der Waals surface area contributed by atoms with Crippen molar-refractivity contribution in [1.29, 1.82) is 5.26 Å². The molecule has 0 heterocycles. The molecule has 0 spiro atoms. The van der Waals surface area contributed by atoms with Crippen LogP contribution in [0.5, 0.6) is 11.5 Å². The van der Waals surface area contributed by atoms with Crippen molar-refractivity contribution < 1.29 is 23.8 Å². The average molecular weight is 393 g/mol. The standard InChI is InChI=1S/C21H19N3O5/c1-3-13-28-20(25)23-16-7-4-10-19(14-16)29-21(26)24(12-6-11-22)17-8-5-9-18(15-17)27-2/h1,4-5,7-10,14-15H,6,12-13H2,2H3,(H,23,25). The van der Waals surface area contributed by atoms with Crippen molar-refractivity contribution in [2.45, 2.75) is 6.42 Å². The van der Waals surface area contributed by atoms with Gasteiger partial charge < -0.3 is 14.2 Å². The molecule has 0 aromatic heterocycles. The Kier molecular flexibility index (Phi) is 7.91. The third kappa shape index (κ3) is 6.49. The van der Waals surface area contributed by atoms with Crippen LogP contribution in [0, 0.1) is 23.7 Å². The predicted molar refractivity (Wildman–Crippen MR) is 107 cm³/mol. The quantitative estimate of drug-likeness (QED) is 0.718. The third-order valence-electron chi connectivity index (χ3n) is 3.60. The smallest absolute Gasteiger partial charge is 0.419 e. The lowest BCUT2D eigenvalue weighted by Crippen LogP contribution is -2.34. The first-order valence-corrected chi connectivity index (χ1v) is 8.55. The number of nitrogens with zero attached hydrogens (tertiary/aromatic N) is 2. The summed E-state index contributed by atoms with van der Waals surface area (Å²) < 4.78 is 15.3. The van der Waals surface area contributed by atoms with Gasteiger partial charge in [-0.1, -0.05) is 18.1 Å². The van der Waals surface area contributed by atoms with Crippen LogP contribution in [0.1, 0.15) is 6.42 Å². The number of ether oxygens (including phenoxy) is 3. The number of benzene rings is 2. The molecule has 0 saturated carbocycles. The van der Waals surface area contributed by atoms with Crippen LogP contribution in [0.4, 0.5) is 21.0 Å². The van der Waals surface area contributed by atoms with E-state index in [9.17, 15) is 9.59 Å². The molecule has 0 aliphatic heterocycles. The molecule has 0 unspecified atom stereocenters. The molecule has 0 radical (unpaired) electrons. The van der Waals surface area contributed by atoms with E-state index in [1.54, 1.807) is 42.5 Å². The van der Waals surface area contributed by atoms with Crippen LogP contribution in [-0.4, -0.2) is 32.4 Å². The molecule has 0 aliphatic carbocycles. The second-order valence-corrected chi connectivity index (χ2v) is 5.56. The maximum atomic E-state index is 12.7. The van der Waals surface area contributed by atoms with Crippen molar-refractivity contribution >= 4 is 23.6 Å². The van der Waals surface area contributed by atoms with Crippen LogP contribution in [0.2, 0.25) is 0 Å². The molecule has 0 bridgehead atoms. The number of methoxy groups -OCH3 is 1. The molecule has 2 aromatic carbocycles. The lowest BCUT2D eigenvalue weighted by molar-refractivity contribution is 0.176. The minimum absolute atomic E-state index is 0.120. The first-order valence-electron chi connectivity index (χ1n) is 8.55. The van der Waals surface area contributed by atoms with Gasteiger partial charge in [0.05, 0.1) is 25.3 Å². The van der Waals surface area contributed by atoms with E-state index in [0.717, 1.165) is 0 Å². The van der Waals surface area contributed by atoms with E-state index in [4.69, 9.17) is 25.9 Å². The molecule has 2 amide bonds. The number of hydrogen-bond acceptors (Lipinski definition) is 6. The van der Waals surface area contributed by atoms with Crippen molar-refractivity contribution in [1.82, 2.24) is 0 Å². The Labute approximate surface area is 168 Å². The molecule has 8 nitrogen and oxygen atoms in total. The number of nitrogens with one attached hydrogen (secondary N) is 1. The van der Waals surface area contributed by atoms with E-state index in [1.807, 2.05) is 6.07 Å². The van der Waals surface area contributed by atoms with Crippen molar-refractivity contribution in [2.75, 3.05) is 30.5 Å². The van der Waals surface area contributed by atoms with Crippen LogP contribution in [0.15, 0.2) is 48.5 Å². The van der Waals surface area contributed by atoms with Gasteiger partial charge in [0.25, 0.3) is 0 Å². The molecule has 0 atom stereocenters. The van der Waals surface area contributed by atoms with Gasteiger partial charge in [-0.15, -0.1) is 6.42 Å². The van der Waals surface area contributed by atoms with E-state index in [0.29, 0.717) is 17.1 Å². The maximum absolute atomic E-state index is 12.7. The summed E-state index contributed by atoms with van der Waals surface area (Å²) in [6, 6.07) is 15.1. The number of rotatable bonds is 7. The van der Waals surface area contributed by atoms with E-state index in [1.165, 1.54) is 18.1 Å². The molecule has 148 valence electrons. The normalized spacial score (nSPS) is 9.48. The minimum atomic E-state index is -0.724. The zero-order chi connectivity index (χ0) is 21.1. The lowest BCUT2D eigenvalue weighted by atomic mass is 10.2. The molecule has 29 heavy (non-hydrogen) atoms. The molecule has 2 aromatic rings. The Morgan fingerprint density at radius 2 is 1.93 bits per heavy atom. The number of carbonyl (C=O) groups is 2. The highest BCUT2D eigenvalue weighted by Crippen LogP contribution is 2.24. The summed E-state index contributed by atoms with van der Waals surface area (Å²) in [5, 5.41) is 11.4. The second-order valence-electron chi connectivity index (χ2n) is 5.56. The van der Waals surface area contributed by atoms with Crippen molar-refractivity contribution in [3.05, 3.63) is 48.5 Å². The first kappa shape index (κ1) is 21.1. The summed E-state index contributed by atoms with van der Waals surface area (Å²) in [5.41, 5.74) is 0.888. The zero-order valence-corrected chi connectivity index (χ0v) is 15.8. The monoisotopic (exact) mass is 393 g/mol.